The van der Waals surface area contributed by atoms with Crippen molar-refractivity contribution in [2.45, 2.75) is 33.2 Å². The van der Waals surface area contributed by atoms with Crippen LogP contribution < -0.4 is 5.32 Å². The van der Waals surface area contributed by atoms with Gasteiger partial charge >= 0.3 is 0 Å². The molecule has 0 radical (unpaired) electrons. The van der Waals surface area contributed by atoms with E-state index in [1.807, 2.05) is 25.7 Å². The summed E-state index contributed by atoms with van der Waals surface area (Å²) in [5.74, 6) is -0.137. The van der Waals surface area contributed by atoms with Gasteiger partial charge in [-0.25, -0.2) is 0 Å². The number of likely N-dealkylation sites (N-methyl/N-ethyl adjacent to an activating group) is 1. The molecule has 98 valence electrons. The number of aliphatic hydroxyl groups excluding tert-OH is 1. The second-order valence-electron chi connectivity index (χ2n) is 4.61. The van der Waals surface area contributed by atoms with E-state index in [-0.39, 0.29) is 25.0 Å². The van der Waals surface area contributed by atoms with Crippen molar-refractivity contribution in [3.8, 4) is 6.07 Å². The molecular weight excluding hydrogens is 218 g/mol. The Labute approximate surface area is 103 Å². The minimum absolute atomic E-state index is 0.0286. The number of carbonyl (C=O) groups excluding carboxylic acids is 1. The summed E-state index contributed by atoms with van der Waals surface area (Å²) >= 11 is 0. The number of rotatable bonds is 7. The van der Waals surface area contributed by atoms with Gasteiger partial charge in [0.1, 0.15) is 5.54 Å². The predicted octanol–water partition coefficient (Wildman–Crippen LogP) is 0.355. The molecule has 17 heavy (non-hydrogen) atoms. The molecule has 0 aromatic rings. The Morgan fingerprint density at radius 1 is 1.59 bits per heavy atom. The van der Waals surface area contributed by atoms with Crippen LogP contribution in [-0.2, 0) is 4.79 Å². The lowest BCUT2D eigenvalue weighted by Gasteiger charge is -2.28. The van der Waals surface area contributed by atoms with Gasteiger partial charge < -0.3 is 10.4 Å². The summed E-state index contributed by atoms with van der Waals surface area (Å²) in [5, 5.41) is 20.6. The topological polar surface area (TPSA) is 76.4 Å². The van der Waals surface area contributed by atoms with Crippen LogP contribution in [0.15, 0.2) is 0 Å². The van der Waals surface area contributed by atoms with Gasteiger partial charge in [0.15, 0.2) is 0 Å². The average molecular weight is 241 g/mol. The van der Waals surface area contributed by atoms with Crippen LogP contribution in [0.3, 0.4) is 0 Å². The number of aliphatic hydroxyl groups is 1. The summed E-state index contributed by atoms with van der Waals surface area (Å²) in [6.07, 6.45) is 0. The van der Waals surface area contributed by atoms with Crippen LogP contribution >= 0.6 is 0 Å². The van der Waals surface area contributed by atoms with Gasteiger partial charge in [-0.1, -0.05) is 20.8 Å². The summed E-state index contributed by atoms with van der Waals surface area (Å²) in [6.45, 7) is 8.84. The Morgan fingerprint density at radius 3 is 2.53 bits per heavy atom. The maximum Gasteiger partial charge on any atom is 0.235 e. The van der Waals surface area contributed by atoms with Crippen LogP contribution in [-0.4, -0.2) is 47.7 Å². The number of nitrogens with one attached hydrogen (secondary N) is 1. The normalized spacial score (nSPS) is 14.5. The van der Waals surface area contributed by atoms with Crippen LogP contribution in [0.2, 0.25) is 0 Å². The van der Waals surface area contributed by atoms with E-state index in [0.29, 0.717) is 13.1 Å². The molecular formula is C12H23N3O2. The summed E-state index contributed by atoms with van der Waals surface area (Å²) < 4.78 is 0. The Bertz CT molecular complexity index is 286. The lowest BCUT2D eigenvalue weighted by molar-refractivity contribution is -0.123. The van der Waals surface area contributed by atoms with Crippen molar-refractivity contribution in [1.82, 2.24) is 10.2 Å². The quantitative estimate of drug-likeness (QED) is 0.674. The van der Waals surface area contributed by atoms with Crippen molar-refractivity contribution in [3.05, 3.63) is 0 Å². The molecule has 1 atom stereocenters. The third kappa shape index (κ3) is 5.16. The van der Waals surface area contributed by atoms with Crippen LogP contribution in [0, 0.1) is 17.2 Å². The second kappa shape index (κ2) is 7.25. The van der Waals surface area contributed by atoms with Gasteiger partial charge in [-0.05, 0) is 19.4 Å². The molecule has 5 heteroatoms. The molecule has 5 nitrogen and oxygen atoms in total. The van der Waals surface area contributed by atoms with Gasteiger partial charge in [-0.15, -0.1) is 0 Å². The van der Waals surface area contributed by atoms with Crippen molar-refractivity contribution < 1.29 is 9.90 Å². The Balaban J connectivity index is 4.39. The van der Waals surface area contributed by atoms with E-state index in [0.717, 1.165) is 0 Å². The fourth-order valence-electron chi connectivity index (χ4n) is 1.32. The summed E-state index contributed by atoms with van der Waals surface area (Å²) in [7, 11) is 0. The monoisotopic (exact) mass is 241 g/mol. The van der Waals surface area contributed by atoms with Crippen molar-refractivity contribution in [2.24, 2.45) is 5.92 Å². The number of nitrogens with zero attached hydrogens (tertiary/aromatic N) is 2. The zero-order valence-electron chi connectivity index (χ0n) is 11.2. The number of nitriles is 1. The highest BCUT2D eigenvalue weighted by molar-refractivity contribution is 5.79. The third-order valence-corrected chi connectivity index (χ3v) is 3.02. The van der Waals surface area contributed by atoms with E-state index in [9.17, 15) is 4.79 Å². The van der Waals surface area contributed by atoms with Gasteiger partial charge in [0, 0.05) is 6.54 Å². The molecule has 0 aliphatic carbocycles. The molecule has 0 aromatic heterocycles. The predicted molar refractivity (Wildman–Crippen MR) is 66.2 cm³/mol. The molecule has 0 aromatic carbocycles. The van der Waals surface area contributed by atoms with E-state index in [2.05, 4.69) is 11.4 Å². The van der Waals surface area contributed by atoms with Crippen LogP contribution in [0.1, 0.15) is 27.7 Å². The first-order chi connectivity index (χ1) is 7.89. The highest BCUT2D eigenvalue weighted by Gasteiger charge is 2.30. The van der Waals surface area contributed by atoms with Crippen LogP contribution in [0.25, 0.3) is 0 Å². The van der Waals surface area contributed by atoms with Gasteiger partial charge in [0.05, 0.1) is 19.2 Å². The van der Waals surface area contributed by atoms with Gasteiger partial charge in [-0.3, -0.25) is 9.69 Å². The lowest BCUT2D eigenvalue weighted by atomic mass is 9.90. The number of carbonyl (C=O) groups is 1. The zero-order valence-corrected chi connectivity index (χ0v) is 11.2. The van der Waals surface area contributed by atoms with Crippen LogP contribution in [0.4, 0.5) is 0 Å². The molecule has 0 saturated heterocycles. The van der Waals surface area contributed by atoms with Crippen molar-refractivity contribution >= 4 is 5.91 Å². The Hall–Kier alpha value is -1.12. The van der Waals surface area contributed by atoms with E-state index >= 15 is 0 Å². The highest BCUT2D eigenvalue weighted by Crippen LogP contribution is 2.14. The summed E-state index contributed by atoms with van der Waals surface area (Å²) in [5.41, 5.74) is -0.838. The molecule has 0 heterocycles. The van der Waals surface area contributed by atoms with Gasteiger partial charge in [0.25, 0.3) is 0 Å². The van der Waals surface area contributed by atoms with E-state index < -0.39 is 5.54 Å². The number of hydrogen-bond acceptors (Lipinski definition) is 4. The summed E-state index contributed by atoms with van der Waals surface area (Å²) in [4.78, 5) is 13.6. The Morgan fingerprint density at radius 2 is 2.18 bits per heavy atom. The number of amides is 1. The van der Waals surface area contributed by atoms with E-state index in [1.54, 1.807) is 6.92 Å². The van der Waals surface area contributed by atoms with Gasteiger partial charge in [0.2, 0.25) is 5.91 Å². The first-order valence-corrected chi connectivity index (χ1v) is 5.95. The average Bonchev–Trinajstić information content (AvgIpc) is 2.27. The second-order valence-corrected chi connectivity index (χ2v) is 4.61. The molecule has 0 bridgehead atoms. The standard InChI is InChI=1S/C12H23N3O2/c1-5-15(6-7-16)8-11(17)14-12(4,9-13)10(2)3/h10,16H,5-8H2,1-4H3,(H,14,17). The third-order valence-electron chi connectivity index (χ3n) is 3.02. The first-order valence-electron chi connectivity index (χ1n) is 5.95. The molecule has 0 saturated carbocycles. The first kappa shape index (κ1) is 15.9. The molecule has 2 N–H and O–H groups in total. The maximum absolute atomic E-state index is 11.8. The van der Waals surface area contributed by atoms with E-state index in [4.69, 9.17) is 10.4 Å². The molecule has 0 rings (SSSR count). The van der Waals surface area contributed by atoms with Crippen LogP contribution in [0.5, 0.6) is 0 Å². The summed E-state index contributed by atoms with van der Waals surface area (Å²) in [6, 6.07) is 2.13. The number of hydrogen-bond donors (Lipinski definition) is 2. The zero-order chi connectivity index (χ0) is 13.5. The fraction of sp³-hybridized carbons (Fsp3) is 0.833. The SMILES string of the molecule is CCN(CCO)CC(=O)NC(C)(C#N)C(C)C. The lowest BCUT2D eigenvalue weighted by Crippen LogP contribution is -2.52. The minimum atomic E-state index is -0.838. The fourth-order valence-corrected chi connectivity index (χ4v) is 1.32. The van der Waals surface area contributed by atoms with E-state index in [1.165, 1.54) is 0 Å². The van der Waals surface area contributed by atoms with Crippen molar-refractivity contribution in [2.75, 3.05) is 26.2 Å². The van der Waals surface area contributed by atoms with Crippen molar-refractivity contribution in [3.63, 3.8) is 0 Å². The largest absolute Gasteiger partial charge is 0.395 e. The van der Waals surface area contributed by atoms with Crippen molar-refractivity contribution in [1.29, 1.82) is 5.26 Å². The Kier molecular flexibility index (Phi) is 6.78. The van der Waals surface area contributed by atoms with Gasteiger partial charge in [-0.2, -0.15) is 5.26 Å². The molecule has 0 aliphatic heterocycles. The molecule has 0 aliphatic rings. The molecule has 1 amide bonds. The minimum Gasteiger partial charge on any atom is -0.395 e. The molecule has 0 fully saturated rings. The maximum atomic E-state index is 11.8. The molecule has 1 unspecified atom stereocenters. The highest BCUT2D eigenvalue weighted by atomic mass is 16.3. The smallest absolute Gasteiger partial charge is 0.235 e. The molecule has 0 spiro atoms.